The Labute approximate surface area is 110 Å². The Bertz CT molecular complexity index is 588. The molecule has 0 saturated heterocycles. The minimum Gasteiger partial charge on any atom is -0.492 e. The van der Waals surface area contributed by atoms with E-state index in [0.29, 0.717) is 23.6 Å². The predicted octanol–water partition coefficient (Wildman–Crippen LogP) is 2.88. The van der Waals surface area contributed by atoms with Crippen molar-refractivity contribution in [2.24, 2.45) is 5.73 Å². The second-order valence-corrected chi connectivity index (χ2v) is 3.94. The van der Waals surface area contributed by atoms with Crippen LogP contribution in [-0.2, 0) is 6.54 Å². The molecule has 0 saturated carbocycles. The second-order valence-electron chi connectivity index (χ2n) is 3.94. The van der Waals surface area contributed by atoms with Gasteiger partial charge in [0.2, 0.25) is 0 Å². The zero-order valence-electron chi connectivity index (χ0n) is 10.5. The molecule has 0 bridgehead atoms. The molecule has 1 aromatic carbocycles. The van der Waals surface area contributed by atoms with Gasteiger partial charge in [-0.3, -0.25) is 4.98 Å². The first-order valence-electron chi connectivity index (χ1n) is 5.93. The third kappa shape index (κ3) is 2.88. The number of nitrogens with two attached hydrogens (primary N) is 1. The Kier molecular flexibility index (Phi) is 4.06. The minimum absolute atomic E-state index is 0.286. The monoisotopic (exact) mass is 264 g/mol. The van der Waals surface area contributed by atoms with E-state index in [1.165, 1.54) is 6.07 Å². The highest BCUT2D eigenvalue weighted by atomic mass is 19.2. The molecule has 0 amide bonds. The number of aromatic nitrogens is 1. The Hall–Kier alpha value is -2.01. The number of benzene rings is 1. The van der Waals surface area contributed by atoms with Crippen LogP contribution in [0.1, 0.15) is 12.5 Å². The van der Waals surface area contributed by atoms with Crippen LogP contribution in [0.15, 0.2) is 30.5 Å². The molecule has 2 rings (SSSR count). The van der Waals surface area contributed by atoms with Gasteiger partial charge in [-0.1, -0.05) is 0 Å². The normalized spacial score (nSPS) is 10.5. The molecule has 0 aliphatic carbocycles. The van der Waals surface area contributed by atoms with E-state index in [0.717, 1.165) is 17.7 Å². The smallest absolute Gasteiger partial charge is 0.159 e. The molecular formula is C14H14F2N2O. The average Bonchev–Trinajstić information content (AvgIpc) is 2.42. The van der Waals surface area contributed by atoms with Gasteiger partial charge in [0.25, 0.3) is 0 Å². The molecule has 3 nitrogen and oxygen atoms in total. The maximum absolute atomic E-state index is 13.2. The lowest BCUT2D eigenvalue weighted by molar-refractivity contribution is 0.335. The van der Waals surface area contributed by atoms with E-state index in [1.54, 1.807) is 12.3 Å². The van der Waals surface area contributed by atoms with Crippen LogP contribution >= 0.6 is 0 Å². The third-order valence-electron chi connectivity index (χ3n) is 2.68. The van der Waals surface area contributed by atoms with Crippen LogP contribution in [0.25, 0.3) is 11.3 Å². The summed E-state index contributed by atoms with van der Waals surface area (Å²) in [7, 11) is 0. The largest absolute Gasteiger partial charge is 0.492 e. The number of halogens is 2. The molecule has 2 N–H and O–H groups in total. The average molecular weight is 264 g/mol. The van der Waals surface area contributed by atoms with Crippen LogP contribution in [0.5, 0.6) is 5.75 Å². The number of ether oxygens (including phenoxy) is 1. The van der Waals surface area contributed by atoms with Crippen molar-refractivity contribution in [2.75, 3.05) is 6.61 Å². The molecule has 0 unspecified atom stereocenters. The number of hydrogen-bond acceptors (Lipinski definition) is 3. The highest BCUT2D eigenvalue weighted by Crippen LogP contribution is 2.25. The van der Waals surface area contributed by atoms with Crippen molar-refractivity contribution in [3.8, 4) is 17.0 Å². The van der Waals surface area contributed by atoms with Crippen LogP contribution in [0.4, 0.5) is 8.78 Å². The SMILES string of the molecule is CCOc1cnc(-c2ccc(F)c(F)c2)cc1CN. The number of pyridine rings is 1. The quantitative estimate of drug-likeness (QED) is 0.923. The van der Waals surface area contributed by atoms with Crippen LogP contribution in [0.3, 0.4) is 0 Å². The Balaban J connectivity index is 2.42. The van der Waals surface area contributed by atoms with Gasteiger partial charge < -0.3 is 10.5 Å². The van der Waals surface area contributed by atoms with E-state index < -0.39 is 11.6 Å². The number of nitrogens with zero attached hydrogens (tertiary/aromatic N) is 1. The molecule has 1 aromatic heterocycles. The molecule has 0 aliphatic heterocycles. The van der Waals surface area contributed by atoms with Gasteiger partial charge in [0.15, 0.2) is 11.6 Å². The van der Waals surface area contributed by atoms with Crippen molar-refractivity contribution in [2.45, 2.75) is 13.5 Å². The first kappa shape index (κ1) is 13.4. The zero-order valence-corrected chi connectivity index (χ0v) is 10.5. The highest BCUT2D eigenvalue weighted by Gasteiger charge is 2.09. The minimum atomic E-state index is -0.900. The molecule has 0 radical (unpaired) electrons. The molecular weight excluding hydrogens is 250 g/mol. The van der Waals surface area contributed by atoms with Gasteiger partial charge >= 0.3 is 0 Å². The molecule has 100 valence electrons. The summed E-state index contributed by atoms with van der Waals surface area (Å²) in [5.74, 6) is -1.17. The Morgan fingerprint density at radius 3 is 2.63 bits per heavy atom. The van der Waals surface area contributed by atoms with Gasteiger partial charge in [0.1, 0.15) is 5.75 Å². The lowest BCUT2D eigenvalue weighted by Gasteiger charge is -2.10. The van der Waals surface area contributed by atoms with Crippen LogP contribution < -0.4 is 10.5 Å². The lowest BCUT2D eigenvalue weighted by Crippen LogP contribution is -2.03. The summed E-state index contributed by atoms with van der Waals surface area (Å²) in [5, 5.41) is 0. The molecule has 0 fully saturated rings. The summed E-state index contributed by atoms with van der Waals surface area (Å²) < 4.78 is 31.5. The van der Waals surface area contributed by atoms with Crippen molar-refractivity contribution in [3.63, 3.8) is 0 Å². The fourth-order valence-electron chi connectivity index (χ4n) is 1.74. The predicted molar refractivity (Wildman–Crippen MR) is 68.6 cm³/mol. The summed E-state index contributed by atoms with van der Waals surface area (Å²) in [6, 6.07) is 5.38. The van der Waals surface area contributed by atoms with Gasteiger partial charge in [-0.15, -0.1) is 0 Å². The lowest BCUT2D eigenvalue weighted by atomic mass is 10.1. The van der Waals surface area contributed by atoms with E-state index in [9.17, 15) is 8.78 Å². The maximum Gasteiger partial charge on any atom is 0.159 e. The van der Waals surface area contributed by atoms with E-state index in [4.69, 9.17) is 10.5 Å². The summed E-state index contributed by atoms with van der Waals surface area (Å²) in [6.07, 6.45) is 1.54. The van der Waals surface area contributed by atoms with Gasteiger partial charge in [-0.05, 0) is 31.2 Å². The van der Waals surface area contributed by atoms with E-state index in [1.807, 2.05) is 6.92 Å². The number of hydrogen-bond donors (Lipinski definition) is 1. The van der Waals surface area contributed by atoms with Gasteiger partial charge in [0.05, 0.1) is 18.5 Å². The first-order valence-corrected chi connectivity index (χ1v) is 5.93. The summed E-state index contributed by atoms with van der Waals surface area (Å²) in [5.41, 5.74) is 7.44. The maximum atomic E-state index is 13.2. The van der Waals surface area contributed by atoms with Crippen LogP contribution in [0, 0.1) is 11.6 Å². The van der Waals surface area contributed by atoms with Crippen molar-refractivity contribution in [3.05, 3.63) is 47.7 Å². The Morgan fingerprint density at radius 1 is 1.21 bits per heavy atom. The number of rotatable bonds is 4. The highest BCUT2D eigenvalue weighted by molar-refractivity contribution is 5.61. The summed E-state index contributed by atoms with van der Waals surface area (Å²) in [6.45, 7) is 2.66. The fraction of sp³-hybridized carbons (Fsp3) is 0.214. The van der Waals surface area contributed by atoms with Crippen LogP contribution in [-0.4, -0.2) is 11.6 Å². The van der Waals surface area contributed by atoms with Gasteiger partial charge in [0, 0.05) is 17.7 Å². The van der Waals surface area contributed by atoms with E-state index in [2.05, 4.69) is 4.98 Å². The van der Waals surface area contributed by atoms with Crippen molar-refractivity contribution < 1.29 is 13.5 Å². The third-order valence-corrected chi connectivity index (χ3v) is 2.68. The second kappa shape index (κ2) is 5.75. The molecule has 0 spiro atoms. The summed E-state index contributed by atoms with van der Waals surface area (Å²) in [4.78, 5) is 4.18. The van der Waals surface area contributed by atoms with Gasteiger partial charge in [-0.25, -0.2) is 8.78 Å². The van der Waals surface area contributed by atoms with E-state index >= 15 is 0 Å². The molecule has 5 heteroatoms. The molecule has 0 aliphatic rings. The Morgan fingerprint density at radius 2 is 2.00 bits per heavy atom. The van der Waals surface area contributed by atoms with Gasteiger partial charge in [-0.2, -0.15) is 0 Å². The van der Waals surface area contributed by atoms with Crippen molar-refractivity contribution in [1.82, 2.24) is 4.98 Å². The molecule has 1 heterocycles. The summed E-state index contributed by atoms with van der Waals surface area (Å²) >= 11 is 0. The standard InChI is InChI=1S/C14H14F2N2O/c1-2-19-14-8-18-13(6-10(14)7-17)9-3-4-11(15)12(16)5-9/h3-6,8H,2,7,17H2,1H3. The molecule has 2 aromatic rings. The van der Waals surface area contributed by atoms with Crippen molar-refractivity contribution in [1.29, 1.82) is 0 Å². The first-order chi connectivity index (χ1) is 9.15. The molecule has 0 atom stereocenters. The van der Waals surface area contributed by atoms with E-state index in [-0.39, 0.29) is 6.54 Å². The zero-order chi connectivity index (χ0) is 13.8. The van der Waals surface area contributed by atoms with Crippen LogP contribution in [0.2, 0.25) is 0 Å². The topological polar surface area (TPSA) is 48.1 Å². The fourth-order valence-corrected chi connectivity index (χ4v) is 1.74. The molecule has 19 heavy (non-hydrogen) atoms. The van der Waals surface area contributed by atoms with Crippen molar-refractivity contribution >= 4 is 0 Å².